The van der Waals surface area contributed by atoms with Gasteiger partial charge < -0.3 is 24.8 Å². The number of aryl methyl sites for hydroxylation is 1. The van der Waals surface area contributed by atoms with Gasteiger partial charge in [0.15, 0.2) is 0 Å². The number of ether oxygens (including phenoxy) is 2. The van der Waals surface area contributed by atoms with Crippen LogP contribution >= 0.6 is 0 Å². The summed E-state index contributed by atoms with van der Waals surface area (Å²) in [6.45, 7) is 11.8. The van der Waals surface area contributed by atoms with E-state index in [2.05, 4.69) is 138 Å². The lowest BCUT2D eigenvalue weighted by Crippen LogP contribution is -2.77. The van der Waals surface area contributed by atoms with Crippen molar-refractivity contribution < 1.29 is 34.4 Å². The Morgan fingerprint density at radius 1 is 0.730 bits per heavy atom. The Morgan fingerprint density at radius 3 is 2.29 bits per heavy atom. The first-order chi connectivity index (χ1) is 43.0. The first-order valence-corrected chi connectivity index (χ1v) is 36.5. The molecule has 2 bridgehead atoms. The molecule has 4 aromatic rings. The van der Waals surface area contributed by atoms with Crippen LogP contribution in [0, 0.1) is 80.8 Å². The molecule has 7 heteroatoms. The summed E-state index contributed by atoms with van der Waals surface area (Å²) in [6, 6.07) is 35.2. The minimum absolute atomic E-state index is 0.0270. The second kappa shape index (κ2) is 23.2. The van der Waals surface area contributed by atoms with Crippen LogP contribution in [-0.2, 0) is 30.9 Å². The molecule has 2 aliphatic heterocycles. The van der Waals surface area contributed by atoms with E-state index in [1.807, 2.05) is 0 Å². The number of carbonyl (C=O) groups excluding carboxylic acids is 2. The second-order valence-corrected chi connectivity index (χ2v) is 33.3. The molecule has 0 radical (unpaired) electrons. The maximum absolute atomic E-state index is 16.0. The number of cyclic esters (lactones) is 1. The van der Waals surface area contributed by atoms with Crippen molar-refractivity contribution in [1.29, 1.82) is 0 Å². The van der Waals surface area contributed by atoms with Crippen molar-refractivity contribution in [3.63, 3.8) is 0 Å². The quantitative estimate of drug-likeness (QED) is 0.0903. The van der Waals surface area contributed by atoms with Gasteiger partial charge in [0.1, 0.15) is 12.7 Å². The van der Waals surface area contributed by atoms with Gasteiger partial charge in [-0.25, -0.2) is 4.79 Å². The Kier molecular flexibility index (Phi) is 15.8. The molecule has 11 aliphatic rings. The summed E-state index contributed by atoms with van der Waals surface area (Å²) in [4.78, 5) is 28.8. The molecule has 20 atom stereocenters. The molecule has 476 valence electrons. The van der Waals surface area contributed by atoms with Crippen LogP contribution in [0.5, 0.6) is 0 Å². The van der Waals surface area contributed by atoms with Crippen LogP contribution < -0.4 is 0 Å². The average molecular weight is 1200 g/mol. The van der Waals surface area contributed by atoms with E-state index in [1.54, 1.807) is 33.7 Å². The molecule has 0 saturated heterocycles. The lowest BCUT2D eigenvalue weighted by atomic mass is 9.36. The molecule has 9 aliphatic carbocycles. The first-order valence-electron chi connectivity index (χ1n) is 36.5. The highest BCUT2D eigenvalue weighted by Gasteiger charge is 2.77. The molecule has 2 heterocycles. The molecule has 3 N–H and O–H groups in total. The van der Waals surface area contributed by atoms with Gasteiger partial charge in [-0.2, -0.15) is 0 Å². The number of rotatable bonds is 13. The summed E-state index contributed by atoms with van der Waals surface area (Å²) in [5, 5.41) is 46.4. The topological polar surface area (TPSA) is 113 Å². The van der Waals surface area contributed by atoms with Gasteiger partial charge in [0, 0.05) is 23.3 Å². The van der Waals surface area contributed by atoms with Crippen molar-refractivity contribution in [3.05, 3.63) is 143 Å². The van der Waals surface area contributed by atoms with Crippen molar-refractivity contribution in [2.24, 2.45) is 80.8 Å². The van der Waals surface area contributed by atoms with Crippen molar-refractivity contribution in [2.45, 2.75) is 249 Å². The van der Waals surface area contributed by atoms with Crippen molar-refractivity contribution >= 4 is 22.7 Å². The number of hydrogen-bond acceptors (Lipinski definition) is 7. The zero-order valence-electron chi connectivity index (χ0n) is 54.7. The minimum Gasteiger partial charge on any atom is -0.462 e. The Labute approximate surface area is 533 Å². The molecule has 89 heavy (non-hydrogen) atoms. The zero-order valence-corrected chi connectivity index (χ0v) is 54.7. The van der Waals surface area contributed by atoms with E-state index >= 15 is 4.79 Å². The fraction of sp³-hybridized carbons (Fsp3) is 0.659. The molecule has 7 saturated carbocycles. The number of fused-ring (bicyclic) bond motifs is 5. The normalized spacial score (nSPS) is 41.7. The SMILES string of the molecule is CC(C)C[C@H]1CCC[C@@H]2/C=C/[C@H](C[C@H](C)CCCc3ccccc3)[C@H](O)[C@]34[C@H](O)CC[C@@](C)([C@@H]5CC[C@]67CC8(CCCC8)[C@H]8C[C@]9(c%10ccccc%10)CCCC[C@@H]9c9ccc%10cccc(c%10c9[C@H]86)[C@@H]7C5)[C@@H]3[C@@H](C[C@@H](C)[C@]4(O)CCC3=CC(=O)OC3)OC(=O)[C@@H]12. The van der Waals surface area contributed by atoms with Crippen molar-refractivity contribution in [2.75, 3.05) is 6.61 Å². The third-order valence-corrected chi connectivity index (χ3v) is 28.8. The molecular formula is C82H106O7. The third-order valence-electron chi connectivity index (χ3n) is 28.8. The van der Waals surface area contributed by atoms with Crippen LogP contribution in [0.4, 0.5) is 0 Å². The summed E-state index contributed by atoms with van der Waals surface area (Å²) in [5.41, 5.74) is 5.60. The number of allylic oxidation sites excluding steroid dienone is 1. The van der Waals surface area contributed by atoms with Gasteiger partial charge in [-0.15, -0.1) is 0 Å². The molecule has 15 rings (SSSR count). The van der Waals surface area contributed by atoms with Crippen LogP contribution in [0.3, 0.4) is 0 Å². The van der Waals surface area contributed by atoms with E-state index < -0.39 is 52.5 Å². The van der Waals surface area contributed by atoms with Crippen LogP contribution in [0.2, 0.25) is 0 Å². The fourth-order valence-electron chi connectivity index (χ4n) is 25.3. The number of benzene rings is 4. The van der Waals surface area contributed by atoms with Crippen LogP contribution in [0.25, 0.3) is 10.8 Å². The van der Waals surface area contributed by atoms with Crippen LogP contribution in [-0.4, -0.2) is 57.8 Å². The highest BCUT2D eigenvalue weighted by molar-refractivity contribution is 5.93. The fourth-order valence-corrected chi connectivity index (χ4v) is 25.3. The minimum atomic E-state index is -1.60. The third kappa shape index (κ3) is 9.49. The monoisotopic (exact) mass is 1200 g/mol. The van der Waals surface area contributed by atoms with E-state index in [0.29, 0.717) is 60.7 Å². The van der Waals surface area contributed by atoms with E-state index in [0.717, 1.165) is 76.2 Å². The molecule has 0 amide bonds. The number of carbonyl (C=O) groups is 2. The highest BCUT2D eigenvalue weighted by atomic mass is 16.5. The lowest BCUT2D eigenvalue weighted by Gasteiger charge is -2.71. The average Bonchev–Trinajstić information content (AvgIpc) is 1.65. The van der Waals surface area contributed by atoms with E-state index in [9.17, 15) is 20.1 Å². The molecule has 2 spiro atoms. The van der Waals surface area contributed by atoms with Crippen LogP contribution in [0.1, 0.15) is 241 Å². The molecule has 7 fully saturated rings. The zero-order chi connectivity index (χ0) is 61.2. The standard InChI is InChI=1S/C82H106O7/c1-51(2)43-58-25-17-23-56-30-31-59(44-52(3)19-16-22-54-20-8-6-9-21-54)75(85)82-68(83)36-40-77(5,74(82)67(89-76(86)70(56)58)45-53(4)81(82,87)42-34-55-46-69(84)88-49-55)61-35-41-80-50-78(37-14-15-38-78)66-48-79(60-26-10-7-11-27-60)39-13-12-29-64(79)63-33-32-57-24-18-28-62(65(80)47-61)71(57)72(63)73(66)80/h6-11,18,20-21,24,26-28,30-33,46,51-53,56,58-59,61,64-68,70,73-75,83,85,87H,12-17,19,22-23,25,29,34-45,47-50H2,1-5H3/b31-30+/t52-,53-,56-,58-,59-,61-,64-,65+,66+,67-,68-,70-,73+,74+,75+,77+,79+,80-,81-,82+/m1/s1. The Morgan fingerprint density at radius 2 is 1.52 bits per heavy atom. The van der Waals surface area contributed by atoms with E-state index in [4.69, 9.17) is 9.47 Å². The molecule has 0 unspecified atom stereocenters. The largest absolute Gasteiger partial charge is 0.462 e. The predicted molar refractivity (Wildman–Crippen MR) is 354 cm³/mol. The van der Waals surface area contributed by atoms with E-state index in [-0.39, 0.29) is 65.4 Å². The molecular weight excluding hydrogens is 1100 g/mol. The number of aliphatic hydroxyl groups excluding tert-OH is 2. The second-order valence-electron chi connectivity index (χ2n) is 33.3. The predicted octanol–water partition coefficient (Wildman–Crippen LogP) is 17.8. The molecule has 0 aromatic heterocycles. The number of esters is 2. The van der Waals surface area contributed by atoms with Crippen molar-refractivity contribution in [3.8, 4) is 0 Å². The van der Waals surface area contributed by atoms with Gasteiger partial charge >= 0.3 is 11.9 Å². The first kappa shape index (κ1) is 60.7. The van der Waals surface area contributed by atoms with Gasteiger partial charge in [-0.3, -0.25) is 4.79 Å². The lowest BCUT2D eigenvalue weighted by molar-refractivity contribution is -0.332. The Hall–Kier alpha value is -4.56. The summed E-state index contributed by atoms with van der Waals surface area (Å²) in [7, 11) is 0. The smallest absolute Gasteiger partial charge is 0.331 e. The van der Waals surface area contributed by atoms with Gasteiger partial charge in [0.25, 0.3) is 0 Å². The van der Waals surface area contributed by atoms with Gasteiger partial charge in [-0.1, -0.05) is 176 Å². The summed E-state index contributed by atoms with van der Waals surface area (Å²) in [5.74, 6) is 0.722. The maximum Gasteiger partial charge on any atom is 0.331 e. The van der Waals surface area contributed by atoms with Gasteiger partial charge in [-0.05, 0) is 248 Å². The summed E-state index contributed by atoms with van der Waals surface area (Å²) >= 11 is 0. The molecule has 4 aromatic carbocycles. The Bertz CT molecular complexity index is 3340. The Balaban J connectivity index is 0.885. The van der Waals surface area contributed by atoms with Gasteiger partial charge in [0.05, 0.1) is 29.1 Å². The summed E-state index contributed by atoms with van der Waals surface area (Å²) in [6.07, 6.45) is 29.5. The highest BCUT2D eigenvalue weighted by Crippen LogP contribution is 2.81. The maximum atomic E-state index is 16.0. The van der Waals surface area contributed by atoms with Gasteiger partial charge in [0.2, 0.25) is 0 Å². The number of aliphatic hydroxyl groups is 3. The molecule has 7 nitrogen and oxygen atoms in total. The van der Waals surface area contributed by atoms with Crippen molar-refractivity contribution in [1.82, 2.24) is 0 Å². The van der Waals surface area contributed by atoms with E-state index in [1.165, 1.54) is 75.2 Å². The van der Waals surface area contributed by atoms with Crippen LogP contribution in [0.15, 0.2) is 115 Å². The number of hydrogen-bond donors (Lipinski definition) is 3. The summed E-state index contributed by atoms with van der Waals surface area (Å²) < 4.78 is 13.1.